The smallest absolute Gasteiger partial charge is 0.127 e. The highest BCUT2D eigenvalue weighted by molar-refractivity contribution is 5.90. The molecule has 0 saturated heterocycles. The van der Waals surface area contributed by atoms with Crippen LogP contribution < -0.4 is 9.64 Å². The van der Waals surface area contributed by atoms with Crippen molar-refractivity contribution in [3.63, 3.8) is 0 Å². The fraction of sp³-hybridized carbons (Fsp3) is 0.196. The minimum Gasteiger partial charge on any atom is -0.497 e. The number of fused-ring (bicyclic) bond motifs is 2. The Morgan fingerprint density at radius 1 is 0.732 bits per heavy atom. The van der Waals surface area contributed by atoms with Crippen LogP contribution in [0.1, 0.15) is 18.5 Å². The van der Waals surface area contributed by atoms with Crippen molar-refractivity contribution in [1.82, 2.24) is 24.1 Å². The number of alkyl halides is 1. The summed E-state index contributed by atoms with van der Waals surface area (Å²) >= 11 is 0. The molecule has 0 radical (unpaired) electrons. The van der Waals surface area contributed by atoms with Gasteiger partial charge in [-0.1, -0.05) is 60.7 Å². The molecule has 0 saturated carbocycles. The fourth-order valence-corrected chi connectivity index (χ4v) is 7.41. The predicted molar refractivity (Wildman–Crippen MR) is 221 cm³/mol. The SMILES string of the molecule is COc1ccc(-c2ccc(-c3cc4ccn(C(c5cncc6c5cc(-c5ccc(-c7ccc(N(C)C)nc7)cc5)n6C[C@@H](C)O)C(O)CF)cc-4n3)cc2)cc1. The number of benzene rings is 3. The lowest BCUT2D eigenvalue weighted by atomic mass is 9.99. The summed E-state index contributed by atoms with van der Waals surface area (Å²) in [6.07, 6.45) is 7.03. The number of methoxy groups -OCH3 is 1. The molecule has 282 valence electrons. The summed E-state index contributed by atoms with van der Waals surface area (Å²) in [5.74, 6) is 1.70. The number of rotatable bonds is 12. The highest BCUT2D eigenvalue weighted by Crippen LogP contribution is 2.38. The molecule has 5 heterocycles. The van der Waals surface area contributed by atoms with Crippen molar-refractivity contribution in [2.45, 2.75) is 31.7 Å². The van der Waals surface area contributed by atoms with Crippen molar-refractivity contribution < 1.29 is 19.3 Å². The van der Waals surface area contributed by atoms with Gasteiger partial charge >= 0.3 is 0 Å². The normalized spacial score (nSPS) is 13.2. The lowest BCUT2D eigenvalue weighted by Gasteiger charge is -2.25. The Labute approximate surface area is 325 Å². The number of pyridine rings is 3. The summed E-state index contributed by atoms with van der Waals surface area (Å²) in [7, 11) is 5.58. The van der Waals surface area contributed by atoms with Crippen molar-refractivity contribution >= 4 is 16.7 Å². The first-order chi connectivity index (χ1) is 27.2. The molecule has 2 aliphatic rings. The molecule has 3 aromatic carbocycles. The molecule has 0 aliphatic carbocycles. The molecule has 56 heavy (non-hydrogen) atoms. The molecule has 0 fully saturated rings. The maximum absolute atomic E-state index is 14.6. The lowest BCUT2D eigenvalue weighted by Crippen LogP contribution is -2.27. The summed E-state index contributed by atoms with van der Waals surface area (Å²) in [4.78, 5) is 16.1. The summed E-state index contributed by atoms with van der Waals surface area (Å²) in [5.41, 5.74) is 10.9. The van der Waals surface area contributed by atoms with Crippen LogP contribution in [0.3, 0.4) is 0 Å². The Kier molecular flexibility index (Phi) is 10.1. The van der Waals surface area contributed by atoms with Crippen LogP contribution in [-0.4, -0.2) is 74.4 Å². The van der Waals surface area contributed by atoms with Gasteiger partial charge in [0.1, 0.15) is 24.3 Å². The Balaban J connectivity index is 1.14. The van der Waals surface area contributed by atoms with E-state index in [9.17, 15) is 14.6 Å². The second-order valence-electron chi connectivity index (χ2n) is 14.4. The number of aliphatic hydroxyl groups excluding tert-OH is 2. The molecule has 3 aromatic heterocycles. The maximum Gasteiger partial charge on any atom is 0.127 e. The number of ether oxygens (including phenoxy) is 1. The highest BCUT2D eigenvalue weighted by atomic mass is 19.1. The van der Waals surface area contributed by atoms with E-state index in [-0.39, 0.29) is 0 Å². The quantitative estimate of drug-likeness (QED) is 0.129. The summed E-state index contributed by atoms with van der Waals surface area (Å²) in [6.45, 7) is 1.11. The number of anilines is 1. The third kappa shape index (κ3) is 7.12. The molecule has 0 spiro atoms. The molecule has 2 aliphatic heterocycles. The van der Waals surface area contributed by atoms with Gasteiger partial charge < -0.3 is 29.0 Å². The number of hydrogen-bond acceptors (Lipinski definition) is 7. The fourth-order valence-electron chi connectivity index (χ4n) is 7.41. The molecule has 0 bridgehead atoms. The van der Waals surface area contributed by atoms with E-state index in [0.717, 1.165) is 78.5 Å². The molecule has 2 N–H and O–H groups in total. The second kappa shape index (κ2) is 15.4. The monoisotopic (exact) mass is 746 g/mol. The van der Waals surface area contributed by atoms with E-state index in [0.29, 0.717) is 12.1 Å². The standard InChI is InChI=1S/C46H43FN6O3/c1-29(54)27-53-42(34-11-7-32(8-12-34)36-15-18-45(49-24-36)51(2)3)22-38-39(25-48-26-43(38)53)46(44(55)23-47)52-20-19-35-21-40(50-41(35)28-52)33-9-5-30(6-10-33)31-13-16-37(56-4)17-14-31/h5-22,24-26,28-29,44,46,54-55H,23,27H2,1-4H3/t29-,44?,46?/m1/s1. The molecule has 10 heteroatoms. The van der Waals surface area contributed by atoms with E-state index in [4.69, 9.17) is 9.72 Å². The van der Waals surface area contributed by atoms with Gasteiger partial charge in [0.2, 0.25) is 0 Å². The first-order valence-corrected chi connectivity index (χ1v) is 18.6. The third-order valence-corrected chi connectivity index (χ3v) is 10.3. The van der Waals surface area contributed by atoms with Crippen molar-refractivity contribution in [3.05, 3.63) is 140 Å². The topological polar surface area (TPSA) is 101 Å². The molecule has 0 amide bonds. The molecule has 6 aromatic rings. The average Bonchev–Trinajstić information content (AvgIpc) is 3.83. The van der Waals surface area contributed by atoms with Crippen LogP contribution in [0, 0.1) is 0 Å². The van der Waals surface area contributed by atoms with Gasteiger partial charge in [0, 0.05) is 78.8 Å². The van der Waals surface area contributed by atoms with Crippen LogP contribution in [0.15, 0.2) is 134 Å². The largest absolute Gasteiger partial charge is 0.497 e. The number of nitrogens with zero attached hydrogens (tertiary/aromatic N) is 6. The Bertz CT molecular complexity index is 2540. The minimum absolute atomic E-state index is 0.318. The van der Waals surface area contributed by atoms with Crippen LogP contribution in [-0.2, 0) is 6.54 Å². The lowest BCUT2D eigenvalue weighted by molar-refractivity contribution is 0.101. The van der Waals surface area contributed by atoms with Crippen molar-refractivity contribution in [2.75, 3.05) is 32.8 Å². The van der Waals surface area contributed by atoms with E-state index in [1.807, 2.05) is 95.3 Å². The van der Waals surface area contributed by atoms with E-state index in [1.165, 1.54) is 0 Å². The van der Waals surface area contributed by atoms with Gasteiger partial charge in [-0.2, -0.15) is 0 Å². The zero-order valence-corrected chi connectivity index (χ0v) is 31.7. The molecule has 2 unspecified atom stereocenters. The average molecular weight is 747 g/mol. The number of aromatic nitrogens is 5. The van der Waals surface area contributed by atoms with Gasteiger partial charge in [0.15, 0.2) is 0 Å². The molecule has 8 rings (SSSR count). The Morgan fingerprint density at radius 3 is 2.00 bits per heavy atom. The van der Waals surface area contributed by atoms with Gasteiger partial charge in [-0.15, -0.1) is 0 Å². The molecular formula is C46H43FN6O3. The summed E-state index contributed by atoms with van der Waals surface area (Å²) in [6, 6.07) is 33.7. The van der Waals surface area contributed by atoms with E-state index in [1.54, 1.807) is 26.4 Å². The van der Waals surface area contributed by atoms with Crippen LogP contribution in [0.5, 0.6) is 5.75 Å². The van der Waals surface area contributed by atoms with Crippen LogP contribution >= 0.6 is 0 Å². The van der Waals surface area contributed by atoms with Gasteiger partial charge in [-0.3, -0.25) is 4.98 Å². The predicted octanol–water partition coefficient (Wildman–Crippen LogP) is 8.78. The third-order valence-electron chi connectivity index (χ3n) is 10.3. The first-order valence-electron chi connectivity index (χ1n) is 18.6. The highest BCUT2D eigenvalue weighted by Gasteiger charge is 2.28. The molecule has 9 nitrogen and oxygen atoms in total. The van der Waals surface area contributed by atoms with E-state index in [2.05, 4.69) is 64.6 Å². The van der Waals surface area contributed by atoms with Crippen LogP contribution in [0.2, 0.25) is 0 Å². The zero-order chi connectivity index (χ0) is 38.9. The van der Waals surface area contributed by atoms with Crippen molar-refractivity contribution in [1.29, 1.82) is 0 Å². The zero-order valence-electron chi connectivity index (χ0n) is 31.7. The van der Waals surface area contributed by atoms with Crippen LogP contribution in [0.4, 0.5) is 10.2 Å². The van der Waals surface area contributed by atoms with Gasteiger partial charge in [0.25, 0.3) is 0 Å². The van der Waals surface area contributed by atoms with E-state index >= 15 is 0 Å². The molecule has 3 atom stereocenters. The van der Waals surface area contributed by atoms with Gasteiger partial charge in [-0.25, -0.2) is 14.4 Å². The van der Waals surface area contributed by atoms with Gasteiger partial charge in [0.05, 0.1) is 42.4 Å². The second-order valence-corrected chi connectivity index (χ2v) is 14.4. The number of hydrogen-bond donors (Lipinski definition) is 2. The Morgan fingerprint density at radius 2 is 1.38 bits per heavy atom. The van der Waals surface area contributed by atoms with Crippen molar-refractivity contribution in [2.24, 2.45) is 0 Å². The minimum atomic E-state index is -1.36. The maximum atomic E-state index is 14.6. The summed E-state index contributed by atoms with van der Waals surface area (Å²) in [5, 5.41) is 22.7. The van der Waals surface area contributed by atoms with E-state index < -0.39 is 24.9 Å². The Hall–Kier alpha value is -6.36. The number of aliphatic hydroxyl groups is 2. The number of halogens is 1. The van der Waals surface area contributed by atoms with Crippen LogP contribution in [0.25, 0.3) is 66.9 Å². The first kappa shape index (κ1) is 36.6. The summed E-state index contributed by atoms with van der Waals surface area (Å²) < 4.78 is 23.7. The molecular weight excluding hydrogens is 704 g/mol. The van der Waals surface area contributed by atoms with Crippen molar-refractivity contribution in [3.8, 4) is 61.8 Å². The van der Waals surface area contributed by atoms with Gasteiger partial charge in [-0.05, 0) is 71.6 Å².